The molecule has 0 heterocycles. The Labute approximate surface area is 80.8 Å². The molecule has 0 aliphatic rings. The Morgan fingerprint density at radius 2 is 1.86 bits per heavy atom. The summed E-state index contributed by atoms with van der Waals surface area (Å²) in [5.74, 6) is -0.739. The van der Waals surface area contributed by atoms with E-state index in [9.17, 15) is 9.59 Å². The summed E-state index contributed by atoms with van der Waals surface area (Å²) in [6, 6.07) is 0. The molecule has 6 nitrogen and oxygen atoms in total. The molecule has 0 fully saturated rings. The lowest BCUT2D eigenvalue weighted by Gasteiger charge is -2.19. The van der Waals surface area contributed by atoms with Crippen LogP contribution in [0.25, 0.3) is 0 Å². The normalized spacial score (nSPS) is 17.1. The van der Waals surface area contributed by atoms with E-state index < -0.39 is 30.7 Å². The zero-order valence-electron chi connectivity index (χ0n) is 7.54. The largest absolute Gasteiger partial charge is 0.394 e. The highest BCUT2D eigenvalue weighted by molar-refractivity contribution is 5.84. The van der Waals surface area contributed by atoms with Crippen molar-refractivity contribution >= 4 is 12.1 Å². The van der Waals surface area contributed by atoms with Crippen LogP contribution in [0.1, 0.15) is 12.8 Å². The Morgan fingerprint density at radius 1 is 1.29 bits per heavy atom. The quantitative estimate of drug-likeness (QED) is 0.345. The Kier molecular flexibility index (Phi) is 6.22. The predicted octanol–water partition coefficient (Wildman–Crippen LogP) is -2.39. The number of Topliss-reactive ketones (excluding diaryl/α,β-unsaturated/α-hetero) is 1. The maximum Gasteiger partial charge on any atom is 0.164 e. The molecule has 14 heavy (non-hydrogen) atoms. The molecule has 0 rings (SSSR count). The zero-order valence-corrected chi connectivity index (χ0v) is 7.54. The molecule has 0 aliphatic heterocycles. The molecule has 0 aromatic carbocycles. The molecule has 0 radical (unpaired) electrons. The van der Waals surface area contributed by atoms with Gasteiger partial charge in [0.1, 0.15) is 24.6 Å². The van der Waals surface area contributed by atoms with Crippen molar-refractivity contribution in [3.63, 3.8) is 0 Å². The van der Waals surface area contributed by atoms with Crippen LogP contribution in [0.5, 0.6) is 0 Å². The molecular formula is C8H14O6. The molecule has 0 amide bonds. The summed E-state index contributed by atoms with van der Waals surface area (Å²) in [7, 11) is 0. The van der Waals surface area contributed by atoms with E-state index in [2.05, 4.69) is 0 Å². The van der Waals surface area contributed by atoms with Crippen molar-refractivity contribution in [3.8, 4) is 0 Å². The fraction of sp³-hybridized carbons (Fsp3) is 0.750. The maximum atomic E-state index is 11.0. The predicted molar refractivity (Wildman–Crippen MR) is 45.4 cm³/mol. The Hall–Kier alpha value is -0.820. The van der Waals surface area contributed by atoms with Gasteiger partial charge in [-0.2, -0.15) is 0 Å². The van der Waals surface area contributed by atoms with Crippen molar-refractivity contribution < 1.29 is 30.0 Å². The third-order valence-corrected chi connectivity index (χ3v) is 1.74. The van der Waals surface area contributed by atoms with Crippen LogP contribution in [-0.2, 0) is 9.59 Å². The Morgan fingerprint density at radius 3 is 2.29 bits per heavy atom. The molecule has 4 N–H and O–H groups in total. The highest BCUT2D eigenvalue weighted by atomic mass is 16.4. The van der Waals surface area contributed by atoms with E-state index in [1.165, 1.54) is 0 Å². The average Bonchev–Trinajstić information content (AvgIpc) is 2.22. The number of aliphatic hydroxyl groups is 4. The number of aldehydes is 1. The number of hydrogen-bond donors (Lipinski definition) is 4. The summed E-state index contributed by atoms with van der Waals surface area (Å²) >= 11 is 0. The first kappa shape index (κ1) is 13.2. The minimum absolute atomic E-state index is 0.0438. The number of carbonyl (C=O) groups is 2. The second-order valence-corrected chi connectivity index (χ2v) is 2.86. The van der Waals surface area contributed by atoms with Gasteiger partial charge in [0.25, 0.3) is 0 Å². The lowest BCUT2D eigenvalue weighted by Crippen LogP contribution is -2.43. The van der Waals surface area contributed by atoms with E-state index in [4.69, 9.17) is 20.4 Å². The van der Waals surface area contributed by atoms with Gasteiger partial charge in [0.15, 0.2) is 5.78 Å². The monoisotopic (exact) mass is 206 g/mol. The third kappa shape index (κ3) is 3.93. The number of rotatable bonds is 7. The molecular weight excluding hydrogens is 192 g/mol. The van der Waals surface area contributed by atoms with Crippen molar-refractivity contribution in [2.45, 2.75) is 31.2 Å². The van der Waals surface area contributed by atoms with Gasteiger partial charge in [0.05, 0.1) is 6.61 Å². The molecule has 6 heteroatoms. The molecule has 0 saturated carbocycles. The van der Waals surface area contributed by atoms with Crippen molar-refractivity contribution in [2.75, 3.05) is 6.61 Å². The van der Waals surface area contributed by atoms with Crippen molar-refractivity contribution in [3.05, 3.63) is 0 Å². The number of aliphatic hydroxyl groups excluding tert-OH is 4. The van der Waals surface area contributed by atoms with Crippen LogP contribution in [0.2, 0.25) is 0 Å². The molecule has 0 aromatic heterocycles. The van der Waals surface area contributed by atoms with E-state index in [0.717, 1.165) is 0 Å². The molecule has 0 saturated heterocycles. The summed E-state index contributed by atoms with van der Waals surface area (Å²) in [6.07, 6.45) is -4.78. The Balaban J connectivity index is 4.09. The molecule has 0 aliphatic carbocycles. The van der Waals surface area contributed by atoms with Crippen LogP contribution in [0.4, 0.5) is 0 Å². The van der Waals surface area contributed by atoms with Gasteiger partial charge in [0.2, 0.25) is 0 Å². The molecule has 0 spiro atoms. The third-order valence-electron chi connectivity index (χ3n) is 1.74. The van der Waals surface area contributed by atoms with Crippen molar-refractivity contribution in [2.24, 2.45) is 0 Å². The van der Waals surface area contributed by atoms with Crippen LogP contribution >= 0.6 is 0 Å². The molecule has 82 valence electrons. The first-order valence-corrected chi connectivity index (χ1v) is 4.16. The standard InChI is InChI=1S/C8H14O6/c9-3-1-2-5(11)7(13)8(14)6(12)4-10/h3,6-8,10,12-14H,1-2,4H2. The lowest BCUT2D eigenvalue weighted by atomic mass is 10.0. The smallest absolute Gasteiger partial charge is 0.164 e. The molecule has 3 atom stereocenters. The van der Waals surface area contributed by atoms with Crippen LogP contribution in [-0.4, -0.2) is 57.4 Å². The van der Waals surface area contributed by atoms with Gasteiger partial charge in [-0.1, -0.05) is 0 Å². The van der Waals surface area contributed by atoms with Crippen LogP contribution in [0, 0.1) is 0 Å². The fourth-order valence-corrected chi connectivity index (χ4v) is 0.858. The molecule has 3 unspecified atom stereocenters. The van der Waals surface area contributed by atoms with E-state index in [1.54, 1.807) is 0 Å². The number of hydrogen-bond acceptors (Lipinski definition) is 6. The first-order valence-electron chi connectivity index (χ1n) is 4.16. The Bertz CT molecular complexity index is 192. The van der Waals surface area contributed by atoms with Gasteiger partial charge >= 0.3 is 0 Å². The fourth-order valence-electron chi connectivity index (χ4n) is 0.858. The SMILES string of the molecule is O=CCCC(=O)C(O)C(O)C(O)CO. The highest BCUT2D eigenvalue weighted by Gasteiger charge is 2.28. The maximum absolute atomic E-state index is 11.0. The van der Waals surface area contributed by atoms with Gasteiger partial charge in [-0.25, -0.2) is 0 Å². The average molecular weight is 206 g/mol. The summed E-state index contributed by atoms with van der Waals surface area (Å²) in [6.45, 7) is -0.751. The van der Waals surface area contributed by atoms with E-state index >= 15 is 0 Å². The molecule has 0 aromatic rings. The van der Waals surface area contributed by atoms with E-state index in [0.29, 0.717) is 6.29 Å². The van der Waals surface area contributed by atoms with Crippen LogP contribution in [0.3, 0.4) is 0 Å². The summed E-state index contributed by atoms with van der Waals surface area (Å²) in [5.41, 5.74) is 0. The zero-order chi connectivity index (χ0) is 11.1. The first-order chi connectivity index (χ1) is 6.54. The van der Waals surface area contributed by atoms with Gasteiger partial charge in [-0.3, -0.25) is 4.79 Å². The number of ketones is 1. The minimum Gasteiger partial charge on any atom is -0.394 e. The van der Waals surface area contributed by atoms with Crippen LogP contribution < -0.4 is 0 Å². The second kappa shape index (κ2) is 6.61. The second-order valence-electron chi connectivity index (χ2n) is 2.86. The van der Waals surface area contributed by atoms with Gasteiger partial charge in [0, 0.05) is 12.8 Å². The lowest BCUT2D eigenvalue weighted by molar-refractivity contribution is -0.140. The summed E-state index contributed by atoms with van der Waals surface area (Å²) in [5, 5.41) is 35.5. The van der Waals surface area contributed by atoms with Gasteiger partial charge < -0.3 is 25.2 Å². The van der Waals surface area contributed by atoms with E-state index in [1.807, 2.05) is 0 Å². The van der Waals surface area contributed by atoms with Crippen LogP contribution in [0.15, 0.2) is 0 Å². The van der Waals surface area contributed by atoms with Gasteiger partial charge in [-0.15, -0.1) is 0 Å². The minimum atomic E-state index is -1.77. The van der Waals surface area contributed by atoms with Crippen molar-refractivity contribution in [1.82, 2.24) is 0 Å². The molecule has 0 bridgehead atoms. The highest BCUT2D eigenvalue weighted by Crippen LogP contribution is 2.04. The topological polar surface area (TPSA) is 115 Å². The van der Waals surface area contributed by atoms with Crippen molar-refractivity contribution in [1.29, 1.82) is 0 Å². The summed E-state index contributed by atoms with van der Waals surface area (Å²) < 4.78 is 0. The summed E-state index contributed by atoms with van der Waals surface area (Å²) in [4.78, 5) is 20.9. The van der Waals surface area contributed by atoms with Gasteiger partial charge in [-0.05, 0) is 0 Å². The van der Waals surface area contributed by atoms with E-state index in [-0.39, 0.29) is 12.8 Å². The number of carbonyl (C=O) groups excluding carboxylic acids is 2.